The maximum atomic E-state index is 2.41. The first-order valence-electron chi connectivity index (χ1n) is 4.76. The second-order valence-electron chi connectivity index (χ2n) is 4.53. The first-order valence-corrected chi connectivity index (χ1v) is 4.76. The zero-order valence-electron chi connectivity index (χ0n) is 7.19. The van der Waals surface area contributed by atoms with Crippen LogP contribution in [0.1, 0.15) is 46.0 Å². The Balaban J connectivity index is 2.05. The van der Waals surface area contributed by atoms with Gasteiger partial charge in [0.15, 0.2) is 0 Å². The van der Waals surface area contributed by atoms with Crippen LogP contribution in [0.5, 0.6) is 0 Å². The molecule has 58 valence electrons. The van der Waals surface area contributed by atoms with Crippen LogP contribution in [0.4, 0.5) is 0 Å². The molecule has 2 rings (SSSR count). The Morgan fingerprint density at radius 3 is 2.60 bits per heavy atom. The van der Waals surface area contributed by atoms with E-state index in [2.05, 4.69) is 13.8 Å². The van der Waals surface area contributed by atoms with Crippen molar-refractivity contribution >= 4 is 0 Å². The van der Waals surface area contributed by atoms with E-state index in [0.717, 1.165) is 17.3 Å². The lowest BCUT2D eigenvalue weighted by atomic mass is 9.80. The zero-order valence-corrected chi connectivity index (χ0v) is 7.19. The van der Waals surface area contributed by atoms with Crippen molar-refractivity contribution < 1.29 is 0 Å². The Morgan fingerprint density at radius 2 is 2.10 bits per heavy atom. The molecule has 0 N–H and O–H groups in total. The molecule has 0 aromatic carbocycles. The molecule has 0 saturated heterocycles. The maximum absolute atomic E-state index is 2.41. The van der Waals surface area contributed by atoms with Gasteiger partial charge in [0.25, 0.3) is 0 Å². The summed E-state index contributed by atoms with van der Waals surface area (Å²) in [5.41, 5.74) is 0.845. The molecule has 2 fully saturated rings. The van der Waals surface area contributed by atoms with E-state index in [0.29, 0.717) is 0 Å². The van der Waals surface area contributed by atoms with Crippen LogP contribution in [0.2, 0.25) is 0 Å². The minimum atomic E-state index is 0.845. The third kappa shape index (κ3) is 0.741. The van der Waals surface area contributed by atoms with Crippen LogP contribution >= 0.6 is 0 Å². The zero-order chi connectivity index (χ0) is 7.19. The summed E-state index contributed by atoms with van der Waals surface area (Å²) in [5.74, 6) is 2.10. The average molecular weight is 138 g/mol. The van der Waals surface area contributed by atoms with E-state index < -0.39 is 0 Å². The van der Waals surface area contributed by atoms with E-state index in [-0.39, 0.29) is 0 Å². The minimum absolute atomic E-state index is 0.845. The summed E-state index contributed by atoms with van der Waals surface area (Å²) in [6.45, 7) is 4.82. The van der Waals surface area contributed by atoms with Gasteiger partial charge in [0.2, 0.25) is 0 Å². The molecule has 2 aliphatic carbocycles. The monoisotopic (exact) mass is 138 g/mol. The molecule has 0 aromatic rings. The number of hydrogen-bond donors (Lipinski definition) is 0. The van der Waals surface area contributed by atoms with Crippen LogP contribution in [0.15, 0.2) is 0 Å². The quantitative estimate of drug-likeness (QED) is 0.522. The van der Waals surface area contributed by atoms with Crippen LogP contribution in [-0.4, -0.2) is 0 Å². The second kappa shape index (κ2) is 1.99. The summed E-state index contributed by atoms with van der Waals surface area (Å²) < 4.78 is 0. The molecule has 0 heterocycles. The lowest BCUT2D eigenvalue weighted by molar-refractivity contribution is 0.252. The number of fused-ring (bicyclic) bond motifs is 1. The van der Waals surface area contributed by atoms with E-state index in [9.17, 15) is 0 Å². The van der Waals surface area contributed by atoms with E-state index in [4.69, 9.17) is 0 Å². The van der Waals surface area contributed by atoms with Crippen molar-refractivity contribution in [3.8, 4) is 0 Å². The standard InChI is InChI=1S/C10H18/c1-8(2)10-6-4-3-5-9(10)7-10/h8-9H,3-7H2,1-2H3. The lowest BCUT2D eigenvalue weighted by Gasteiger charge is -2.25. The fraction of sp³-hybridized carbons (Fsp3) is 1.00. The predicted molar refractivity (Wildman–Crippen MR) is 43.8 cm³/mol. The minimum Gasteiger partial charge on any atom is -0.0622 e. The third-order valence-corrected chi connectivity index (χ3v) is 3.87. The van der Waals surface area contributed by atoms with Gasteiger partial charge in [0.1, 0.15) is 0 Å². The molecule has 0 spiro atoms. The fourth-order valence-corrected chi connectivity index (χ4v) is 2.94. The molecule has 0 aromatic heterocycles. The average Bonchev–Trinajstić information content (AvgIpc) is 2.61. The molecule has 2 aliphatic rings. The Labute approximate surface area is 64.0 Å². The molecule has 2 saturated carbocycles. The van der Waals surface area contributed by atoms with Crippen LogP contribution in [-0.2, 0) is 0 Å². The van der Waals surface area contributed by atoms with Gasteiger partial charge in [0, 0.05) is 0 Å². The number of rotatable bonds is 1. The smallest absolute Gasteiger partial charge is 0.0243 e. The molecule has 0 heteroatoms. The summed E-state index contributed by atoms with van der Waals surface area (Å²) in [6.07, 6.45) is 7.66. The van der Waals surface area contributed by atoms with Gasteiger partial charge in [-0.2, -0.15) is 0 Å². The van der Waals surface area contributed by atoms with Crippen molar-refractivity contribution in [2.24, 2.45) is 17.3 Å². The highest BCUT2D eigenvalue weighted by Crippen LogP contribution is 2.65. The van der Waals surface area contributed by atoms with Gasteiger partial charge >= 0.3 is 0 Å². The second-order valence-corrected chi connectivity index (χ2v) is 4.53. The SMILES string of the molecule is CC(C)C12CCCCC1C2. The fourth-order valence-electron chi connectivity index (χ4n) is 2.94. The maximum Gasteiger partial charge on any atom is -0.0243 e. The van der Waals surface area contributed by atoms with Gasteiger partial charge < -0.3 is 0 Å². The molecule has 0 bridgehead atoms. The molecule has 2 atom stereocenters. The Hall–Kier alpha value is 0. The van der Waals surface area contributed by atoms with Crippen LogP contribution in [0.3, 0.4) is 0 Å². The molecular weight excluding hydrogens is 120 g/mol. The number of hydrogen-bond acceptors (Lipinski definition) is 0. The Bertz CT molecular complexity index is 137. The Kier molecular flexibility index (Phi) is 1.33. The van der Waals surface area contributed by atoms with Crippen molar-refractivity contribution in [1.29, 1.82) is 0 Å². The molecule has 0 amide bonds. The molecule has 0 radical (unpaired) electrons. The Morgan fingerprint density at radius 1 is 1.30 bits per heavy atom. The first kappa shape index (κ1) is 6.69. The van der Waals surface area contributed by atoms with Gasteiger partial charge in [-0.3, -0.25) is 0 Å². The van der Waals surface area contributed by atoms with Crippen molar-refractivity contribution in [3.63, 3.8) is 0 Å². The summed E-state index contributed by atoms with van der Waals surface area (Å²) in [4.78, 5) is 0. The first-order chi connectivity index (χ1) is 4.76. The molecular formula is C10H18. The van der Waals surface area contributed by atoms with Crippen molar-refractivity contribution in [3.05, 3.63) is 0 Å². The van der Waals surface area contributed by atoms with Gasteiger partial charge in [-0.25, -0.2) is 0 Å². The van der Waals surface area contributed by atoms with E-state index in [1.807, 2.05) is 0 Å². The van der Waals surface area contributed by atoms with E-state index in [1.165, 1.54) is 25.7 Å². The van der Waals surface area contributed by atoms with Crippen molar-refractivity contribution in [2.75, 3.05) is 0 Å². The van der Waals surface area contributed by atoms with E-state index >= 15 is 0 Å². The molecule has 2 unspecified atom stereocenters. The summed E-state index contributed by atoms with van der Waals surface area (Å²) in [5, 5.41) is 0. The summed E-state index contributed by atoms with van der Waals surface area (Å²) >= 11 is 0. The van der Waals surface area contributed by atoms with E-state index in [1.54, 1.807) is 6.42 Å². The van der Waals surface area contributed by atoms with Crippen molar-refractivity contribution in [2.45, 2.75) is 46.0 Å². The van der Waals surface area contributed by atoms with Crippen LogP contribution in [0, 0.1) is 17.3 Å². The summed E-state index contributed by atoms with van der Waals surface area (Å²) in [7, 11) is 0. The van der Waals surface area contributed by atoms with Crippen molar-refractivity contribution in [1.82, 2.24) is 0 Å². The van der Waals surface area contributed by atoms with Gasteiger partial charge in [-0.05, 0) is 36.5 Å². The van der Waals surface area contributed by atoms with Gasteiger partial charge in [-0.15, -0.1) is 0 Å². The molecule has 0 nitrogen and oxygen atoms in total. The summed E-state index contributed by atoms with van der Waals surface area (Å²) in [6, 6.07) is 0. The van der Waals surface area contributed by atoms with Gasteiger partial charge in [-0.1, -0.05) is 26.7 Å². The highest BCUT2D eigenvalue weighted by atomic mass is 14.6. The third-order valence-electron chi connectivity index (χ3n) is 3.87. The van der Waals surface area contributed by atoms with Crippen LogP contribution in [0.25, 0.3) is 0 Å². The van der Waals surface area contributed by atoms with Crippen LogP contribution < -0.4 is 0 Å². The normalized spacial score (nSPS) is 45.3. The molecule has 10 heavy (non-hydrogen) atoms. The largest absolute Gasteiger partial charge is 0.0622 e. The highest BCUT2D eigenvalue weighted by Gasteiger charge is 2.55. The topological polar surface area (TPSA) is 0 Å². The highest BCUT2D eigenvalue weighted by molar-refractivity contribution is 5.05. The lowest BCUT2D eigenvalue weighted by Crippen LogP contribution is -2.15. The predicted octanol–water partition coefficient (Wildman–Crippen LogP) is 3.22. The molecule has 0 aliphatic heterocycles. The van der Waals surface area contributed by atoms with Gasteiger partial charge in [0.05, 0.1) is 0 Å².